The lowest BCUT2D eigenvalue weighted by atomic mass is 10.1. The second-order valence-electron chi connectivity index (χ2n) is 8.22. The van der Waals surface area contributed by atoms with E-state index in [2.05, 4.69) is 15.5 Å². The topological polar surface area (TPSA) is 78.3 Å². The van der Waals surface area contributed by atoms with Crippen LogP contribution in [0.25, 0.3) is 5.69 Å². The number of aryl methyl sites for hydroxylation is 1. The quantitative estimate of drug-likeness (QED) is 0.471. The van der Waals surface area contributed by atoms with Crippen LogP contribution in [0.4, 0.5) is 0 Å². The van der Waals surface area contributed by atoms with Gasteiger partial charge in [-0.05, 0) is 69.7 Å². The standard InChI is InChI=1S/C23H27ClN4O3S/c1-15-6-7-16(12-19(15)24)28-20(13-31-18-10-8-17(30-5)9-11-18)26-27-22(28)32-14-21(29)25-23(2,3)4/h6-12H,13-14H2,1-5H3,(H,25,29). The van der Waals surface area contributed by atoms with Gasteiger partial charge in [-0.3, -0.25) is 9.36 Å². The first-order chi connectivity index (χ1) is 15.2. The second-order valence-corrected chi connectivity index (χ2v) is 9.57. The van der Waals surface area contributed by atoms with Gasteiger partial charge in [-0.15, -0.1) is 10.2 Å². The molecular formula is C23H27ClN4O3S. The highest BCUT2D eigenvalue weighted by Crippen LogP contribution is 2.27. The summed E-state index contributed by atoms with van der Waals surface area (Å²) in [5.41, 5.74) is 1.48. The largest absolute Gasteiger partial charge is 0.497 e. The molecule has 0 atom stereocenters. The van der Waals surface area contributed by atoms with Crippen molar-refractivity contribution < 1.29 is 14.3 Å². The molecule has 1 amide bonds. The van der Waals surface area contributed by atoms with Gasteiger partial charge >= 0.3 is 0 Å². The predicted octanol–water partition coefficient (Wildman–Crippen LogP) is 4.82. The SMILES string of the molecule is COc1ccc(OCc2nnc(SCC(=O)NC(C)(C)C)n2-c2ccc(C)c(Cl)c2)cc1. The number of amides is 1. The van der Waals surface area contributed by atoms with Gasteiger partial charge in [0.05, 0.1) is 18.6 Å². The van der Waals surface area contributed by atoms with Crippen molar-refractivity contribution in [2.45, 2.75) is 45.0 Å². The zero-order valence-corrected chi connectivity index (χ0v) is 20.4. The predicted molar refractivity (Wildman–Crippen MR) is 127 cm³/mol. The van der Waals surface area contributed by atoms with Crippen LogP contribution in [0.3, 0.4) is 0 Å². The monoisotopic (exact) mass is 474 g/mol. The third kappa shape index (κ3) is 6.40. The minimum Gasteiger partial charge on any atom is -0.497 e. The first kappa shape index (κ1) is 23.9. The number of aromatic nitrogens is 3. The number of hydrogen-bond acceptors (Lipinski definition) is 6. The summed E-state index contributed by atoms with van der Waals surface area (Å²) in [4.78, 5) is 12.3. The third-order valence-electron chi connectivity index (χ3n) is 4.39. The summed E-state index contributed by atoms with van der Waals surface area (Å²) in [6, 6.07) is 13.1. The van der Waals surface area contributed by atoms with E-state index in [-0.39, 0.29) is 23.8 Å². The number of carbonyl (C=O) groups excluding carboxylic acids is 1. The van der Waals surface area contributed by atoms with Crippen molar-refractivity contribution in [2.75, 3.05) is 12.9 Å². The van der Waals surface area contributed by atoms with Crippen molar-refractivity contribution in [3.63, 3.8) is 0 Å². The highest BCUT2D eigenvalue weighted by atomic mass is 35.5. The van der Waals surface area contributed by atoms with Gasteiger partial charge in [0.15, 0.2) is 11.0 Å². The summed E-state index contributed by atoms with van der Waals surface area (Å²) >= 11 is 7.68. The molecule has 3 rings (SSSR count). The van der Waals surface area contributed by atoms with E-state index in [1.165, 1.54) is 11.8 Å². The summed E-state index contributed by atoms with van der Waals surface area (Å²) in [7, 11) is 1.62. The van der Waals surface area contributed by atoms with Crippen LogP contribution in [0.1, 0.15) is 32.2 Å². The lowest BCUT2D eigenvalue weighted by molar-refractivity contribution is -0.119. The molecule has 0 saturated carbocycles. The third-order valence-corrected chi connectivity index (χ3v) is 5.72. The number of rotatable bonds is 8. The minimum absolute atomic E-state index is 0.0741. The van der Waals surface area contributed by atoms with Crippen molar-refractivity contribution in [1.29, 1.82) is 0 Å². The molecule has 9 heteroatoms. The van der Waals surface area contributed by atoms with Crippen LogP contribution in [-0.2, 0) is 11.4 Å². The number of nitrogens with one attached hydrogen (secondary N) is 1. The zero-order chi connectivity index (χ0) is 23.3. The molecule has 2 aromatic carbocycles. The Hall–Kier alpha value is -2.71. The van der Waals surface area contributed by atoms with Crippen LogP contribution in [0.15, 0.2) is 47.6 Å². The molecule has 0 aliphatic heterocycles. The smallest absolute Gasteiger partial charge is 0.230 e. The second kappa shape index (κ2) is 10.3. The Kier molecular flexibility index (Phi) is 7.69. The fourth-order valence-corrected chi connectivity index (χ4v) is 3.82. The minimum atomic E-state index is -0.298. The number of thioether (sulfide) groups is 1. The van der Waals surface area contributed by atoms with Crippen LogP contribution in [-0.4, -0.2) is 39.1 Å². The van der Waals surface area contributed by atoms with Gasteiger partial charge in [-0.2, -0.15) is 0 Å². The maximum Gasteiger partial charge on any atom is 0.230 e. The summed E-state index contributed by atoms with van der Waals surface area (Å²) < 4.78 is 13.0. The Morgan fingerprint density at radius 1 is 1.12 bits per heavy atom. The maximum atomic E-state index is 12.3. The van der Waals surface area contributed by atoms with Gasteiger partial charge in [0, 0.05) is 10.6 Å². The molecular weight excluding hydrogens is 448 g/mol. The van der Waals surface area contributed by atoms with E-state index in [0.29, 0.717) is 21.8 Å². The Morgan fingerprint density at radius 3 is 2.44 bits per heavy atom. The van der Waals surface area contributed by atoms with Gasteiger partial charge in [0.25, 0.3) is 0 Å². The van der Waals surface area contributed by atoms with Crippen LogP contribution in [0, 0.1) is 6.92 Å². The number of methoxy groups -OCH3 is 1. The Labute approximate surface area is 197 Å². The maximum absolute atomic E-state index is 12.3. The van der Waals surface area contributed by atoms with Gasteiger partial charge in [-0.25, -0.2) is 0 Å². The molecule has 170 valence electrons. The number of nitrogens with zero attached hydrogens (tertiary/aromatic N) is 3. The fraction of sp³-hybridized carbons (Fsp3) is 0.348. The molecule has 0 radical (unpaired) electrons. The highest BCUT2D eigenvalue weighted by Gasteiger charge is 2.19. The average Bonchev–Trinajstić information content (AvgIpc) is 3.14. The summed E-state index contributed by atoms with van der Waals surface area (Å²) in [5.74, 6) is 2.17. The number of benzene rings is 2. The summed E-state index contributed by atoms with van der Waals surface area (Å²) in [6.45, 7) is 7.97. The van der Waals surface area contributed by atoms with E-state index in [0.717, 1.165) is 17.0 Å². The van der Waals surface area contributed by atoms with Crippen molar-refractivity contribution in [3.05, 3.63) is 58.9 Å². The van der Waals surface area contributed by atoms with E-state index in [9.17, 15) is 4.79 Å². The molecule has 3 aromatic rings. The molecule has 1 heterocycles. The average molecular weight is 475 g/mol. The first-order valence-electron chi connectivity index (χ1n) is 10.1. The molecule has 1 N–H and O–H groups in total. The number of carbonyl (C=O) groups is 1. The van der Waals surface area contributed by atoms with Crippen LogP contribution in [0.2, 0.25) is 5.02 Å². The summed E-state index contributed by atoms with van der Waals surface area (Å²) in [6.07, 6.45) is 0. The number of hydrogen-bond donors (Lipinski definition) is 1. The lowest BCUT2D eigenvalue weighted by Gasteiger charge is -2.20. The van der Waals surface area contributed by atoms with Gasteiger partial charge in [-0.1, -0.05) is 29.4 Å². The van der Waals surface area contributed by atoms with Crippen LogP contribution >= 0.6 is 23.4 Å². The Bertz CT molecular complexity index is 1080. The Morgan fingerprint density at radius 2 is 1.81 bits per heavy atom. The molecule has 0 fully saturated rings. The van der Waals surface area contributed by atoms with E-state index < -0.39 is 0 Å². The van der Waals surface area contributed by atoms with E-state index >= 15 is 0 Å². The normalized spacial score (nSPS) is 11.3. The van der Waals surface area contributed by atoms with E-state index in [4.69, 9.17) is 21.1 Å². The molecule has 0 unspecified atom stereocenters. The number of ether oxygens (including phenoxy) is 2. The Balaban J connectivity index is 1.84. The van der Waals surface area contributed by atoms with Gasteiger partial charge in [0.2, 0.25) is 5.91 Å². The summed E-state index contributed by atoms with van der Waals surface area (Å²) in [5, 5.41) is 12.8. The molecule has 0 bridgehead atoms. The van der Waals surface area contributed by atoms with Gasteiger partial charge in [0.1, 0.15) is 18.1 Å². The lowest BCUT2D eigenvalue weighted by Crippen LogP contribution is -2.41. The number of halogens is 1. The van der Waals surface area contributed by atoms with Crippen molar-refractivity contribution in [3.8, 4) is 17.2 Å². The molecule has 0 aliphatic rings. The fourth-order valence-electron chi connectivity index (χ4n) is 2.87. The van der Waals surface area contributed by atoms with E-state index in [1.54, 1.807) is 7.11 Å². The molecule has 1 aromatic heterocycles. The molecule has 0 aliphatic carbocycles. The van der Waals surface area contributed by atoms with Gasteiger partial charge < -0.3 is 14.8 Å². The van der Waals surface area contributed by atoms with Crippen molar-refractivity contribution in [1.82, 2.24) is 20.1 Å². The first-order valence-corrected chi connectivity index (χ1v) is 11.4. The van der Waals surface area contributed by atoms with Crippen LogP contribution < -0.4 is 14.8 Å². The van der Waals surface area contributed by atoms with Crippen LogP contribution in [0.5, 0.6) is 11.5 Å². The molecule has 0 spiro atoms. The molecule has 7 nitrogen and oxygen atoms in total. The zero-order valence-electron chi connectivity index (χ0n) is 18.8. The van der Waals surface area contributed by atoms with Crippen molar-refractivity contribution >= 4 is 29.3 Å². The van der Waals surface area contributed by atoms with Crippen molar-refractivity contribution in [2.24, 2.45) is 0 Å². The highest BCUT2D eigenvalue weighted by molar-refractivity contribution is 7.99. The van der Waals surface area contributed by atoms with E-state index in [1.807, 2.05) is 74.7 Å². The molecule has 32 heavy (non-hydrogen) atoms. The molecule has 0 saturated heterocycles.